The van der Waals surface area contributed by atoms with Gasteiger partial charge in [-0.2, -0.15) is 17.2 Å². The summed E-state index contributed by atoms with van der Waals surface area (Å²) in [6.07, 6.45) is 5.75. The van der Waals surface area contributed by atoms with Gasteiger partial charge < -0.3 is 9.30 Å². The molecule has 0 aliphatic heterocycles. The molecule has 0 saturated carbocycles. The number of pyridine rings is 1. The van der Waals surface area contributed by atoms with Gasteiger partial charge in [0.2, 0.25) is 0 Å². The zero-order chi connectivity index (χ0) is 35.9. The molecule has 0 bridgehead atoms. The topological polar surface area (TPSA) is 44.9 Å². The van der Waals surface area contributed by atoms with Gasteiger partial charge in [0.1, 0.15) is 5.82 Å². The molecule has 7 rings (SSSR count). The number of rotatable bonds is 9. The van der Waals surface area contributed by atoms with Gasteiger partial charge in [-0.15, -0.1) is 35.7 Å². The summed E-state index contributed by atoms with van der Waals surface area (Å²) in [5.74, 6) is 2.11. The maximum atomic E-state index is 6.55. The van der Waals surface area contributed by atoms with E-state index in [0.29, 0.717) is 11.5 Å². The summed E-state index contributed by atoms with van der Waals surface area (Å²) in [6.45, 7) is 18.0. The number of ether oxygens (including phenoxy) is 1. The van der Waals surface area contributed by atoms with Crippen molar-refractivity contribution in [2.45, 2.75) is 86.5 Å². The maximum Gasteiger partial charge on any atom is 2.00 e. The van der Waals surface area contributed by atoms with Crippen LogP contribution in [-0.4, -0.2) is 19.3 Å². The van der Waals surface area contributed by atoms with Crippen molar-refractivity contribution in [1.82, 2.24) is 19.3 Å². The predicted octanol–water partition coefficient (Wildman–Crippen LogP) is 11.8. The van der Waals surface area contributed by atoms with Crippen molar-refractivity contribution in [3.63, 3.8) is 0 Å². The number of benzene rings is 4. The SMILES string of the molecule is CCc1nn(-c2[c-]c(Oc3[c-]c4c(cc3)c3cc(CCC(C)(C)C)ccc3n4-c3cc(C(C)(C)C)ccn3)ccc2)c(CC)c1-c1ccccc1.[Pt+2]. The van der Waals surface area contributed by atoms with E-state index in [2.05, 4.69) is 139 Å². The molecule has 0 unspecified atom stereocenters. The average molecular weight is 868 g/mol. The molecule has 4 aromatic carbocycles. The van der Waals surface area contributed by atoms with Crippen LogP contribution in [0, 0.1) is 17.5 Å². The first-order chi connectivity index (χ1) is 24.4. The predicted molar refractivity (Wildman–Crippen MR) is 211 cm³/mol. The van der Waals surface area contributed by atoms with Gasteiger partial charge in [-0.1, -0.05) is 103 Å². The Hall–Kier alpha value is -4.47. The fourth-order valence-electron chi connectivity index (χ4n) is 6.90. The number of hydrogen-bond donors (Lipinski definition) is 0. The zero-order valence-corrected chi connectivity index (χ0v) is 33.9. The third kappa shape index (κ3) is 7.52. The molecular formula is C46H48N4OPt. The van der Waals surface area contributed by atoms with Gasteiger partial charge in [0.15, 0.2) is 0 Å². The first kappa shape index (κ1) is 37.3. The summed E-state index contributed by atoms with van der Waals surface area (Å²) < 4.78 is 10.8. The van der Waals surface area contributed by atoms with Gasteiger partial charge in [-0.3, -0.25) is 4.68 Å². The molecule has 268 valence electrons. The number of nitrogens with zero attached hydrogens (tertiary/aromatic N) is 4. The second kappa shape index (κ2) is 14.9. The van der Waals surface area contributed by atoms with Crippen LogP contribution >= 0.6 is 0 Å². The van der Waals surface area contributed by atoms with E-state index >= 15 is 0 Å². The quantitative estimate of drug-likeness (QED) is 0.136. The summed E-state index contributed by atoms with van der Waals surface area (Å²) in [6, 6.07) is 39.1. The average Bonchev–Trinajstić information content (AvgIpc) is 3.66. The largest absolute Gasteiger partial charge is 2.00 e. The van der Waals surface area contributed by atoms with Gasteiger partial charge in [0.05, 0.1) is 5.69 Å². The number of aryl methyl sites for hydroxylation is 2. The Labute approximate surface area is 323 Å². The van der Waals surface area contributed by atoms with Gasteiger partial charge in [-0.25, -0.2) is 4.98 Å². The van der Waals surface area contributed by atoms with E-state index in [1.54, 1.807) is 0 Å². The van der Waals surface area contributed by atoms with Crippen molar-refractivity contribution in [2.24, 2.45) is 5.41 Å². The fourth-order valence-corrected chi connectivity index (χ4v) is 6.90. The van der Waals surface area contributed by atoms with Crippen LogP contribution < -0.4 is 4.74 Å². The monoisotopic (exact) mass is 867 g/mol. The van der Waals surface area contributed by atoms with Crippen molar-refractivity contribution >= 4 is 21.8 Å². The normalized spacial score (nSPS) is 12.0. The molecule has 7 aromatic rings. The van der Waals surface area contributed by atoms with Crippen LogP contribution in [0.5, 0.6) is 11.5 Å². The van der Waals surface area contributed by atoms with Crippen molar-refractivity contribution in [1.29, 1.82) is 0 Å². The summed E-state index contributed by atoms with van der Waals surface area (Å²) in [4.78, 5) is 4.89. The first-order valence-corrected chi connectivity index (χ1v) is 18.3. The van der Waals surface area contributed by atoms with Crippen LogP contribution in [0.3, 0.4) is 0 Å². The molecule has 0 N–H and O–H groups in total. The maximum absolute atomic E-state index is 6.55. The Balaban J connectivity index is 0.00000464. The number of fused-ring (bicyclic) bond motifs is 3. The van der Waals surface area contributed by atoms with Crippen LogP contribution in [0.2, 0.25) is 0 Å². The Morgan fingerprint density at radius 2 is 1.52 bits per heavy atom. The van der Waals surface area contributed by atoms with E-state index in [1.807, 2.05) is 35.1 Å². The van der Waals surface area contributed by atoms with E-state index in [1.165, 1.54) is 27.6 Å². The first-order valence-electron chi connectivity index (χ1n) is 18.3. The van der Waals surface area contributed by atoms with Crippen LogP contribution in [0.1, 0.15) is 84.3 Å². The van der Waals surface area contributed by atoms with Crippen molar-refractivity contribution in [3.8, 4) is 34.1 Å². The van der Waals surface area contributed by atoms with Crippen molar-refractivity contribution in [2.75, 3.05) is 0 Å². The summed E-state index contributed by atoms with van der Waals surface area (Å²) in [5.41, 5.74) is 10.4. The van der Waals surface area contributed by atoms with Gasteiger partial charge in [-0.05, 0) is 82.5 Å². The van der Waals surface area contributed by atoms with E-state index in [4.69, 9.17) is 14.8 Å². The van der Waals surface area contributed by atoms with Crippen molar-refractivity contribution in [3.05, 3.63) is 132 Å². The Kier molecular flexibility index (Phi) is 10.7. The van der Waals surface area contributed by atoms with Crippen LogP contribution in [-0.2, 0) is 45.7 Å². The number of aromatic nitrogens is 4. The molecule has 0 spiro atoms. The third-order valence-corrected chi connectivity index (χ3v) is 9.70. The van der Waals surface area contributed by atoms with Gasteiger partial charge in [0.25, 0.3) is 0 Å². The minimum absolute atomic E-state index is 0. The second-order valence-electron chi connectivity index (χ2n) is 15.7. The van der Waals surface area contributed by atoms with Crippen LogP contribution in [0.15, 0.2) is 97.2 Å². The smallest absolute Gasteiger partial charge is 0.509 e. The molecule has 5 nitrogen and oxygen atoms in total. The number of hydrogen-bond acceptors (Lipinski definition) is 3. The zero-order valence-electron chi connectivity index (χ0n) is 31.6. The summed E-state index contributed by atoms with van der Waals surface area (Å²) >= 11 is 0. The van der Waals surface area contributed by atoms with E-state index in [0.717, 1.165) is 65.0 Å². The van der Waals surface area contributed by atoms with Gasteiger partial charge >= 0.3 is 21.1 Å². The molecule has 3 aromatic heterocycles. The van der Waals surface area contributed by atoms with E-state index in [9.17, 15) is 0 Å². The third-order valence-electron chi connectivity index (χ3n) is 9.70. The standard InChI is InChI=1S/C46H48N4O.Pt/c1-9-39-44(32-15-12-11-13-16-32)40(10-2)50(48-39)34-17-14-18-35(29-34)51-36-20-21-37-38-27-31(23-25-45(3,4)5)19-22-41(38)49(42(37)30-36)43-28-33(24-26-47-43)46(6,7)8;/h11-22,24,26-28H,9-10,23,25H2,1-8H3;/q-2;+2. The molecule has 0 amide bonds. The molecule has 0 atom stereocenters. The molecule has 0 saturated heterocycles. The molecule has 3 heterocycles. The molecule has 0 aliphatic carbocycles. The molecule has 0 fully saturated rings. The van der Waals surface area contributed by atoms with Crippen molar-refractivity contribution < 1.29 is 25.8 Å². The Morgan fingerprint density at radius 1 is 0.750 bits per heavy atom. The van der Waals surface area contributed by atoms with Crippen LogP contribution in [0.25, 0.3) is 44.4 Å². The van der Waals surface area contributed by atoms with E-state index in [-0.39, 0.29) is 31.9 Å². The molecule has 0 aliphatic rings. The molecule has 6 heteroatoms. The second-order valence-corrected chi connectivity index (χ2v) is 15.7. The molecule has 52 heavy (non-hydrogen) atoms. The van der Waals surface area contributed by atoms with Gasteiger partial charge in [0, 0.05) is 34.5 Å². The molecular weight excluding hydrogens is 820 g/mol. The van der Waals surface area contributed by atoms with E-state index < -0.39 is 0 Å². The minimum Gasteiger partial charge on any atom is -0.509 e. The minimum atomic E-state index is -0.0125. The Bertz CT molecular complexity index is 2340. The summed E-state index contributed by atoms with van der Waals surface area (Å²) in [7, 11) is 0. The van der Waals surface area contributed by atoms with Crippen LogP contribution in [0.4, 0.5) is 0 Å². The summed E-state index contributed by atoms with van der Waals surface area (Å²) in [5, 5.41) is 7.40. The Morgan fingerprint density at radius 3 is 2.23 bits per heavy atom. The fraction of sp³-hybridized carbons (Fsp3) is 0.304. The molecule has 0 radical (unpaired) electrons.